The predicted octanol–water partition coefficient (Wildman–Crippen LogP) is 4.10. The summed E-state index contributed by atoms with van der Waals surface area (Å²) in [6.45, 7) is 5.65. The molecular weight excluding hydrogens is 636 g/mol. The number of esters is 1. The van der Waals surface area contributed by atoms with E-state index >= 15 is 0 Å². The third kappa shape index (κ3) is 8.21. The van der Waals surface area contributed by atoms with Gasteiger partial charge in [0.1, 0.15) is 12.1 Å². The Morgan fingerprint density at radius 2 is 1.58 bits per heavy atom. The molecule has 2 saturated heterocycles. The van der Waals surface area contributed by atoms with Crippen molar-refractivity contribution in [2.45, 2.75) is 56.9 Å². The molecule has 13 nitrogen and oxygen atoms in total. The summed E-state index contributed by atoms with van der Waals surface area (Å²) in [6.07, 6.45) is 3.35. The standard InChI is InChI=1S/C34H40N6O7S/c1-3-46-33(42)30-28(22-35)31(47-37-30)36-34(43)40-19-15-26(16-20-40)25-13-17-39(18-14-25)32(41)29(21-24-7-5-4-6-8-24)38-48(44,45)27-11-9-23(2)10-12-27/h4-12,25-26,29,38H,3,13-21H2,1-2H3,(H,36,43). The van der Waals surface area contributed by atoms with Crippen LogP contribution in [0.5, 0.6) is 0 Å². The van der Waals surface area contributed by atoms with Crippen molar-refractivity contribution in [1.29, 1.82) is 5.26 Å². The molecule has 0 saturated carbocycles. The smallest absolute Gasteiger partial charge is 0.362 e. The van der Waals surface area contributed by atoms with Crippen LogP contribution >= 0.6 is 0 Å². The van der Waals surface area contributed by atoms with Crippen molar-refractivity contribution in [3.05, 3.63) is 77.0 Å². The van der Waals surface area contributed by atoms with E-state index in [4.69, 9.17) is 9.26 Å². The first-order chi connectivity index (χ1) is 23.1. The number of nitrogens with one attached hydrogen (secondary N) is 2. The van der Waals surface area contributed by atoms with E-state index in [0.29, 0.717) is 38.0 Å². The van der Waals surface area contributed by atoms with E-state index < -0.39 is 28.1 Å². The first-order valence-electron chi connectivity index (χ1n) is 16.1. The highest BCUT2D eigenvalue weighted by Gasteiger charge is 2.36. The quantitative estimate of drug-likeness (QED) is 0.300. The second-order valence-corrected chi connectivity index (χ2v) is 13.9. The molecule has 2 N–H and O–H groups in total. The van der Waals surface area contributed by atoms with Gasteiger partial charge in [-0.05, 0) is 75.5 Å². The summed E-state index contributed by atoms with van der Waals surface area (Å²) >= 11 is 0. The summed E-state index contributed by atoms with van der Waals surface area (Å²) in [6, 6.07) is 16.4. The number of likely N-dealkylation sites (tertiary alicyclic amines) is 2. The van der Waals surface area contributed by atoms with E-state index in [-0.39, 0.29) is 41.0 Å². The van der Waals surface area contributed by atoms with Crippen LogP contribution in [0.3, 0.4) is 0 Å². The molecule has 2 aliphatic rings. The molecule has 0 radical (unpaired) electrons. The number of hydrogen-bond acceptors (Lipinski definition) is 9. The number of rotatable bonds is 10. The Hall–Kier alpha value is -4.74. The topological polar surface area (TPSA) is 175 Å². The van der Waals surface area contributed by atoms with Gasteiger partial charge in [0.05, 0.1) is 11.5 Å². The lowest BCUT2D eigenvalue weighted by molar-refractivity contribution is -0.134. The molecule has 2 fully saturated rings. The van der Waals surface area contributed by atoms with Gasteiger partial charge in [0.15, 0.2) is 5.56 Å². The van der Waals surface area contributed by atoms with Crippen LogP contribution in [0.1, 0.15) is 59.8 Å². The summed E-state index contributed by atoms with van der Waals surface area (Å²) in [5, 5.41) is 15.6. The molecule has 1 aromatic heterocycles. The van der Waals surface area contributed by atoms with Gasteiger partial charge >= 0.3 is 12.0 Å². The molecule has 14 heteroatoms. The van der Waals surface area contributed by atoms with E-state index in [1.807, 2.05) is 43.3 Å². The molecule has 2 aromatic carbocycles. The van der Waals surface area contributed by atoms with Gasteiger partial charge in [0.2, 0.25) is 21.6 Å². The molecule has 3 amide bonds. The number of ether oxygens (including phenoxy) is 1. The van der Waals surface area contributed by atoms with Crippen LogP contribution in [0.4, 0.5) is 10.7 Å². The number of nitriles is 1. The molecule has 0 spiro atoms. The molecule has 0 bridgehead atoms. The SMILES string of the molecule is CCOC(=O)c1noc(NC(=O)N2CCC(C3CCN(C(=O)C(Cc4ccccc4)NS(=O)(=O)c4ccc(C)cc4)CC3)CC2)c1C#N. The number of piperidine rings is 2. The number of nitrogens with zero attached hydrogens (tertiary/aromatic N) is 4. The number of hydrogen-bond donors (Lipinski definition) is 2. The molecule has 254 valence electrons. The van der Waals surface area contributed by atoms with Gasteiger partial charge in [-0.1, -0.05) is 53.2 Å². The van der Waals surface area contributed by atoms with Gasteiger partial charge in [0.25, 0.3) is 5.88 Å². The fourth-order valence-corrected chi connectivity index (χ4v) is 7.57. The predicted molar refractivity (Wildman–Crippen MR) is 175 cm³/mol. The number of carbonyl (C=O) groups excluding carboxylic acids is 3. The molecule has 5 rings (SSSR count). The summed E-state index contributed by atoms with van der Waals surface area (Å²) in [7, 11) is -3.93. The number of carbonyl (C=O) groups is 3. The number of amides is 3. The average molecular weight is 677 g/mol. The van der Waals surface area contributed by atoms with Gasteiger partial charge in [-0.3, -0.25) is 10.1 Å². The fraction of sp³-hybridized carbons (Fsp3) is 0.441. The zero-order valence-corrected chi connectivity index (χ0v) is 27.9. The Bertz CT molecular complexity index is 1740. The van der Waals surface area contributed by atoms with E-state index in [1.54, 1.807) is 41.0 Å². The van der Waals surface area contributed by atoms with Crippen LogP contribution in [0, 0.1) is 30.1 Å². The lowest BCUT2D eigenvalue weighted by atomic mass is 9.78. The van der Waals surface area contributed by atoms with Crippen LogP contribution in [0.15, 0.2) is 64.0 Å². The normalized spacial score (nSPS) is 16.6. The van der Waals surface area contributed by atoms with Gasteiger partial charge in [0, 0.05) is 26.2 Å². The zero-order chi connectivity index (χ0) is 34.3. The maximum absolute atomic E-state index is 13.8. The number of benzene rings is 2. The highest BCUT2D eigenvalue weighted by atomic mass is 32.2. The Kier molecular flexibility index (Phi) is 11.1. The van der Waals surface area contributed by atoms with Crippen LogP contribution < -0.4 is 10.0 Å². The molecule has 3 heterocycles. The number of sulfonamides is 1. The Morgan fingerprint density at radius 1 is 0.979 bits per heavy atom. The van der Waals surface area contributed by atoms with Gasteiger partial charge in [-0.25, -0.2) is 18.0 Å². The number of aryl methyl sites for hydroxylation is 1. The van der Waals surface area contributed by atoms with Crippen molar-refractivity contribution >= 4 is 33.8 Å². The van der Waals surface area contributed by atoms with Crippen LogP contribution in [0.2, 0.25) is 0 Å². The lowest BCUT2D eigenvalue weighted by Crippen LogP contribution is -2.52. The largest absolute Gasteiger partial charge is 0.461 e. The minimum atomic E-state index is -3.93. The van der Waals surface area contributed by atoms with Crippen molar-refractivity contribution in [3.63, 3.8) is 0 Å². The summed E-state index contributed by atoms with van der Waals surface area (Å²) in [4.78, 5) is 42.3. The Morgan fingerprint density at radius 3 is 2.17 bits per heavy atom. The first kappa shape index (κ1) is 34.6. The second kappa shape index (κ2) is 15.4. The van der Waals surface area contributed by atoms with Gasteiger partial charge in [-0.15, -0.1) is 0 Å². The molecule has 48 heavy (non-hydrogen) atoms. The summed E-state index contributed by atoms with van der Waals surface area (Å²) in [5.41, 5.74) is 1.33. The molecule has 0 aliphatic carbocycles. The van der Waals surface area contributed by atoms with Crippen molar-refractivity contribution in [2.24, 2.45) is 11.8 Å². The fourth-order valence-electron chi connectivity index (χ4n) is 6.38. The molecule has 1 atom stereocenters. The highest BCUT2D eigenvalue weighted by molar-refractivity contribution is 7.89. The van der Waals surface area contributed by atoms with Crippen molar-refractivity contribution in [2.75, 3.05) is 38.1 Å². The second-order valence-electron chi connectivity index (χ2n) is 12.2. The van der Waals surface area contributed by atoms with E-state index in [0.717, 1.165) is 36.8 Å². The third-order valence-corrected chi connectivity index (χ3v) is 10.5. The minimum Gasteiger partial charge on any atom is -0.461 e. The molecule has 3 aromatic rings. The maximum Gasteiger partial charge on any atom is 0.362 e. The van der Waals surface area contributed by atoms with Crippen molar-refractivity contribution in [3.8, 4) is 6.07 Å². The van der Waals surface area contributed by atoms with E-state index in [1.165, 1.54) is 0 Å². The van der Waals surface area contributed by atoms with Gasteiger partial charge < -0.3 is 19.1 Å². The Balaban J connectivity index is 1.15. The molecular formula is C34H40N6O7S. The summed E-state index contributed by atoms with van der Waals surface area (Å²) in [5.74, 6) is -0.516. The number of aromatic nitrogens is 1. The van der Waals surface area contributed by atoms with E-state index in [9.17, 15) is 28.1 Å². The number of anilines is 1. The van der Waals surface area contributed by atoms with Crippen LogP contribution in [-0.2, 0) is 26.0 Å². The average Bonchev–Trinajstić information content (AvgIpc) is 3.51. The van der Waals surface area contributed by atoms with E-state index in [2.05, 4.69) is 15.2 Å². The van der Waals surface area contributed by atoms with Crippen LogP contribution in [0.25, 0.3) is 0 Å². The molecule has 2 aliphatic heterocycles. The maximum atomic E-state index is 13.8. The summed E-state index contributed by atoms with van der Waals surface area (Å²) < 4.78 is 39.2. The first-order valence-corrected chi connectivity index (χ1v) is 17.6. The monoisotopic (exact) mass is 676 g/mol. The third-order valence-electron chi connectivity index (χ3n) is 9.05. The lowest BCUT2D eigenvalue weighted by Gasteiger charge is -2.40. The van der Waals surface area contributed by atoms with Crippen LogP contribution in [-0.4, -0.2) is 80.1 Å². The highest BCUT2D eigenvalue weighted by Crippen LogP contribution is 2.33. The number of urea groups is 1. The minimum absolute atomic E-state index is 0.105. The molecule has 1 unspecified atom stereocenters. The van der Waals surface area contributed by atoms with Crippen molar-refractivity contribution in [1.82, 2.24) is 19.7 Å². The Labute approximate surface area is 280 Å². The van der Waals surface area contributed by atoms with Gasteiger partial charge in [-0.2, -0.15) is 9.98 Å². The zero-order valence-electron chi connectivity index (χ0n) is 27.1. The van der Waals surface area contributed by atoms with Crippen molar-refractivity contribution < 1.29 is 32.1 Å².